The number of hydrogen-bond acceptors (Lipinski definition) is 2. The molecule has 2 N–H and O–H groups in total. The predicted octanol–water partition coefficient (Wildman–Crippen LogP) is 7.85. The summed E-state index contributed by atoms with van der Waals surface area (Å²) in [6.45, 7) is 4.48. The zero-order valence-corrected chi connectivity index (χ0v) is 22.9. The van der Waals surface area contributed by atoms with E-state index in [2.05, 4.69) is 13.8 Å². The van der Waals surface area contributed by atoms with Gasteiger partial charge in [-0.3, -0.25) is 9.59 Å². The Balaban J connectivity index is -0.000000490. The second-order valence-electron chi connectivity index (χ2n) is 8.65. The van der Waals surface area contributed by atoms with Crippen molar-refractivity contribution in [3.63, 3.8) is 0 Å². The van der Waals surface area contributed by atoms with E-state index >= 15 is 0 Å². The summed E-state index contributed by atoms with van der Waals surface area (Å²) in [4.78, 5) is 20.5. The number of hydrogen-bond donors (Lipinski definition) is 2. The molecule has 0 aliphatic heterocycles. The SMILES string of the molecule is CCCCCCCCCCCCC(=O)O.CCCCCCCCCCCCC(=O)O.[SeH2]. The Labute approximate surface area is 203 Å². The van der Waals surface area contributed by atoms with Crippen molar-refractivity contribution in [2.24, 2.45) is 0 Å². The Bertz CT molecular complexity index is 327. The monoisotopic (exact) mass is 510 g/mol. The molecule has 0 aromatic heterocycles. The maximum atomic E-state index is 10.2. The van der Waals surface area contributed by atoms with Gasteiger partial charge in [0, 0.05) is 12.8 Å². The van der Waals surface area contributed by atoms with Gasteiger partial charge in [-0.25, -0.2) is 0 Å². The Morgan fingerprint density at radius 3 is 0.806 bits per heavy atom. The average Bonchev–Trinajstić information content (AvgIpc) is 2.71. The number of carbonyl (C=O) groups is 2. The molecule has 31 heavy (non-hydrogen) atoms. The van der Waals surface area contributed by atoms with Crippen molar-refractivity contribution < 1.29 is 19.8 Å². The molecule has 0 unspecified atom stereocenters. The molecule has 0 aromatic carbocycles. The molecule has 0 spiro atoms. The zero-order valence-electron chi connectivity index (χ0n) is 20.8. The van der Waals surface area contributed by atoms with Crippen LogP contribution in [0.4, 0.5) is 0 Å². The molecular weight excluding hydrogens is 455 g/mol. The summed E-state index contributed by atoms with van der Waals surface area (Å²) in [5, 5.41) is 16.9. The molecule has 0 amide bonds. The van der Waals surface area contributed by atoms with E-state index in [1.165, 1.54) is 103 Å². The molecule has 4 nitrogen and oxygen atoms in total. The summed E-state index contributed by atoms with van der Waals surface area (Å²) in [6.07, 6.45) is 25.8. The molecule has 0 aliphatic carbocycles. The molecule has 0 fully saturated rings. The van der Waals surface area contributed by atoms with Crippen LogP contribution in [0, 0.1) is 0 Å². The molecular formula is C26H54O4Se. The fraction of sp³-hybridized carbons (Fsp3) is 0.923. The third-order valence-electron chi connectivity index (χ3n) is 5.49. The van der Waals surface area contributed by atoms with Crippen LogP contribution < -0.4 is 0 Å². The van der Waals surface area contributed by atoms with Gasteiger partial charge in [0.05, 0.1) is 0 Å². The average molecular weight is 510 g/mol. The van der Waals surface area contributed by atoms with E-state index in [-0.39, 0.29) is 17.1 Å². The second kappa shape index (κ2) is 31.6. The summed E-state index contributed by atoms with van der Waals surface area (Å²) < 4.78 is 0. The topological polar surface area (TPSA) is 74.6 Å². The molecule has 0 saturated carbocycles. The Morgan fingerprint density at radius 1 is 0.419 bits per heavy atom. The summed E-state index contributed by atoms with van der Waals surface area (Å²) >= 11 is 0. The van der Waals surface area contributed by atoms with Crippen LogP contribution >= 0.6 is 0 Å². The first-order valence-electron chi connectivity index (χ1n) is 13.0. The fourth-order valence-corrected chi connectivity index (χ4v) is 3.53. The summed E-state index contributed by atoms with van der Waals surface area (Å²) in [5.74, 6) is -1.32. The van der Waals surface area contributed by atoms with Crippen molar-refractivity contribution in [1.29, 1.82) is 0 Å². The summed E-state index contributed by atoms with van der Waals surface area (Å²) in [5.41, 5.74) is 0. The van der Waals surface area contributed by atoms with Gasteiger partial charge in [0.25, 0.3) is 0 Å². The van der Waals surface area contributed by atoms with Crippen molar-refractivity contribution in [2.75, 3.05) is 0 Å². The van der Waals surface area contributed by atoms with Gasteiger partial charge in [-0.15, -0.1) is 0 Å². The zero-order chi connectivity index (χ0) is 22.7. The van der Waals surface area contributed by atoms with Crippen LogP contribution in [-0.4, -0.2) is 39.2 Å². The van der Waals surface area contributed by atoms with Gasteiger partial charge >= 0.3 is 29.0 Å². The Morgan fingerprint density at radius 2 is 0.613 bits per heavy atom. The summed E-state index contributed by atoms with van der Waals surface area (Å²) in [7, 11) is 0. The minimum absolute atomic E-state index is 0. The van der Waals surface area contributed by atoms with Crippen molar-refractivity contribution in [2.45, 2.75) is 155 Å². The number of rotatable bonds is 22. The quantitative estimate of drug-likeness (QED) is 0.115. The van der Waals surface area contributed by atoms with Crippen LogP contribution in [-0.2, 0) is 9.59 Å². The third-order valence-corrected chi connectivity index (χ3v) is 5.49. The van der Waals surface area contributed by atoms with Crippen LogP contribution in [0.5, 0.6) is 0 Å². The summed E-state index contributed by atoms with van der Waals surface area (Å²) in [6, 6.07) is 0. The molecule has 0 aromatic rings. The first kappa shape index (κ1) is 35.1. The number of carboxylic acid groups (broad SMARTS) is 2. The standard InChI is InChI=1S/2C13H26O2.H2Se/c2*1-2-3-4-5-6-7-8-9-10-11-12-13(14)15;/h2*2-12H2,1H3,(H,14,15);1H2. The van der Waals surface area contributed by atoms with E-state index < -0.39 is 11.9 Å². The molecule has 0 heterocycles. The first-order valence-corrected chi connectivity index (χ1v) is 13.0. The maximum absolute atomic E-state index is 10.2. The molecule has 0 rings (SSSR count). The molecule has 0 saturated heterocycles. The van der Waals surface area contributed by atoms with Crippen LogP contribution in [0.3, 0.4) is 0 Å². The van der Waals surface area contributed by atoms with Crippen molar-refractivity contribution >= 4 is 29.0 Å². The van der Waals surface area contributed by atoms with Crippen LogP contribution in [0.1, 0.15) is 155 Å². The first-order chi connectivity index (χ1) is 14.5. The van der Waals surface area contributed by atoms with Crippen LogP contribution in [0.15, 0.2) is 0 Å². The Hall–Kier alpha value is -0.541. The van der Waals surface area contributed by atoms with E-state index in [0.29, 0.717) is 12.8 Å². The molecule has 0 aliphatic rings. The molecule has 0 bridgehead atoms. The van der Waals surface area contributed by atoms with E-state index in [1.807, 2.05) is 0 Å². The van der Waals surface area contributed by atoms with E-state index in [9.17, 15) is 9.59 Å². The van der Waals surface area contributed by atoms with Crippen LogP contribution in [0.25, 0.3) is 0 Å². The second-order valence-corrected chi connectivity index (χ2v) is 8.65. The van der Waals surface area contributed by atoms with Crippen molar-refractivity contribution in [3.05, 3.63) is 0 Å². The van der Waals surface area contributed by atoms with Crippen molar-refractivity contribution in [1.82, 2.24) is 0 Å². The van der Waals surface area contributed by atoms with E-state index in [1.54, 1.807) is 0 Å². The van der Waals surface area contributed by atoms with Gasteiger partial charge in [-0.1, -0.05) is 129 Å². The number of aliphatic carboxylic acids is 2. The fourth-order valence-electron chi connectivity index (χ4n) is 3.53. The van der Waals surface area contributed by atoms with Gasteiger partial charge in [0.2, 0.25) is 0 Å². The Kier molecular flexibility index (Phi) is 35.8. The number of unbranched alkanes of at least 4 members (excludes halogenated alkanes) is 18. The van der Waals surface area contributed by atoms with Gasteiger partial charge < -0.3 is 10.2 Å². The van der Waals surface area contributed by atoms with Gasteiger partial charge in [0.1, 0.15) is 0 Å². The van der Waals surface area contributed by atoms with Gasteiger partial charge in [-0.05, 0) is 12.8 Å². The molecule has 0 radical (unpaired) electrons. The van der Waals surface area contributed by atoms with Gasteiger partial charge in [0.15, 0.2) is 0 Å². The molecule has 188 valence electrons. The van der Waals surface area contributed by atoms with Crippen LogP contribution in [0.2, 0.25) is 0 Å². The van der Waals surface area contributed by atoms with Gasteiger partial charge in [-0.2, -0.15) is 0 Å². The van der Waals surface area contributed by atoms with E-state index in [4.69, 9.17) is 10.2 Å². The van der Waals surface area contributed by atoms with E-state index in [0.717, 1.165) is 25.7 Å². The third kappa shape index (κ3) is 40.4. The number of carboxylic acids is 2. The minimum atomic E-state index is -0.658. The predicted molar refractivity (Wildman–Crippen MR) is 137 cm³/mol. The van der Waals surface area contributed by atoms with Crippen molar-refractivity contribution in [3.8, 4) is 0 Å². The normalized spacial score (nSPS) is 10.1. The molecule has 0 atom stereocenters. The molecule has 5 heteroatoms.